The summed E-state index contributed by atoms with van der Waals surface area (Å²) in [6.45, 7) is 11.8. The Bertz CT molecular complexity index is 873. The van der Waals surface area contributed by atoms with Gasteiger partial charge in [-0.25, -0.2) is 9.59 Å². The normalized spacial score (nSPS) is 13.6. The van der Waals surface area contributed by atoms with Crippen LogP contribution in [-0.2, 0) is 9.53 Å². The molecule has 2 aromatic rings. The second-order valence-corrected chi connectivity index (χ2v) is 14.2. The highest BCUT2D eigenvalue weighted by atomic mass is 28.3. The molecule has 31 heavy (non-hydrogen) atoms. The van der Waals surface area contributed by atoms with Crippen LogP contribution in [0.2, 0.25) is 5.04 Å². The number of hydrogen-bond donors (Lipinski definition) is 2. The number of nitrogens with one attached hydrogen (secondary N) is 1. The molecular formula is C25H33NO4Si. The van der Waals surface area contributed by atoms with E-state index < -0.39 is 31.8 Å². The van der Waals surface area contributed by atoms with Gasteiger partial charge in [0.15, 0.2) is 0 Å². The summed E-state index contributed by atoms with van der Waals surface area (Å²) in [6.07, 6.45) is 0.844. The Morgan fingerprint density at radius 1 is 0.903 bits per heavy atom. The van der Waals surface area contributed by atoms with Gasteiger partial charge in [0.1, 0.15) is 19.7 Å². The first kappa shape index (κ1) is 24.4. The number of hydrogen-bond acceptors (Lipinski definition) is 3. The van der Waals surface area contributed by atoms with E-state index in [1.165, 1.54) is 10.4 Å². The molecule has 0 radical (unpaired) electrons. The molecule has 0 aromatic heterocycles. The molecule has 0 unspecified atom stereocenters. The highest BCUT2D eigenvalue weighted by Gasteiger charge is 2.45. The van der Waals surface area contributed by atoms with Crippen molar-refractivity contribution in [2.45, 2.75) is 58.2 Å². The molecule has 5 nitrogen and oxygen atoms in total. The number of aliphatic carboxylic acids is 1. The second-order valence-electron chi connectivity index (χ2n) is 9.61. The SMILES string of the molecule is CC(C)(C)OC(=O)N[C@H](/C=C/[Si](c1ccccc1)(c1ccccc1)C(C)(C)C)C(=O)O. The van der Waals surface area contributed by atoms with Crippen molar-refractivity contribution in [2.75, 3.05) is 0 Å². The van der Waals surface area contributed by atoms with Gasteiger partial charge in [0.25, 0.3) is 0 Å². The third kappa shape index (κ3) is 6.07. The van der Waals surface area contributed by atoms with Crippen LogP contribution in [0.15, 0.2) is 72.4 Å². The Balaban J connectivity index is 2.57. The summed E-state index contributed by atoms with van der Waals surface area (Å²) >= 11 is 0. The molecule has 1 atom stereocenters. The van der Waals surface area contributed by atoms with E-state index in [9.17, 15) is 14.7 Å². The zero-order valence-corrected chi connectivity index (χ0v) is 20.2. The Labute approximate surface area is 186 Å². The minimum atomic E-state index is -2.59. The number of alkyl carbamates (subject to hydrolysis) is 1. The molecule has 0 saturated carbocycles. The predicted octanol–water partition coefficient (Wildman–Crippen LogP) is 4.12. The van der Waals surface area contributed by atoms with E-state index in [-0.39, 0.29) is 5.04 Å². The molecule has 0 spiro atoms. The maximum Gasteiger partial charge on any atom is 0.408 e. The molecule has 2 rings (SSSR count). The molecule has 0 aliphatic heterocycles. The van der Waals surface area contributed by atoms with Crippen molar-refractivity contribution in [1.29, 1.82) is 0 Å². The highest BCUT2D eigenvalue weighted by Crippen LogP contribution is 2.36. The van der Waals surface area contributed by atoms with Crippen molar-refractivity contribution in [3.05, 3.63) is 72.4 Å². The van der Waals surface area contributed by atoms with E-state index in [4.69, 9.17) is 4.74 Å². The average molecular weight is 440 g/mol. The third-order valence-electron chi connectivity index (χ3n) is 5.12. The molecule has 0 bridgehead atoms. The first-order chi connectivity index (χ1) is 14.4. The van der Waals surface area contributed by atoms with Crippen LogP contribution in [0.3, 0.4) is 0 Å². The smallest absolute Gasteiger partial charge is 0.408 e. The van der Waals surface area contributed by atoms with Gasteiger partial charge in [0.05, 0.1) is 0 Å². The van der Waals surface area contributed by atoms with Crippen molar-refractivity contribution in [1.82, 2.24) is 5.32 Å². The van der Waals surface area contributed by atoms with Gasteiger partial charge < -0.3 is 15.2 Å². The van der Waals surface area contributed by atoms with E-state index in [2.05, 4.69) is 50.4 Å². The monoisotopic (exact) mass is 439 g/mol. The first-order valence-electron chi connectivity index (χ1n) is 10.4. The van der Waals surface area contributed by atoms with Gasteiger partial charge in [0.2, 0.25) is 0 Å². The van der Waals surface area contributed by atoms with Gasteiger partial charge in [-0.3, -0.25) is 0 Å². The fraction of sp³-hybridized carbons (Fsp3) is 0.360. The van der Waals surface area contributed by atoms with E-state index in [0.29, 0.717) is 0 Å². The summed E-state index contributed by atoms with van der Waals surface area (Å²) in [5.41, 5.74) is 1.32. The topological polar surface area (TPSA) is 75.6 Å². The molecule has 0 heterocycles. The lowest BCUT2D eigenvalue weighted by atomic mass is 10.2. The number of carbonyl (C=O) groups excluding carboxylic acids is 1. The number of benzene rings is 2. The number of ether oxygens (including phenoxy) is 1. The summed E-state index contributed by atoms with van der Waals surface area (Å²) < 4.78 is 5.25. The van der Waals surface area contributed by atoms with Crippen LogP contribution in [0.1, 0.15) is 41.5 Å². The van der Waals surface area contributed by atoms with Crippen molar-refractivity contribution < 1.29 is 19.4 Å². The van der Waals surface area contributed by atoms with Gasteiger partial charge in [-0.15, -0.1) is 0 Å². The molecule has 0 aliphatic rings. The first-order valence-corrected chi connectivity index (χ1v) is 12.5. The van der Waals surface area contributed by atoms with E-state index in [0.717, 1.165) is 0 Å². The Morgan fingerprint density at radius 3 is 1.71 bits per heavy atom. The Morgan fingerprint density at radius 2 is 1.35 bits per heavy atom. The zero-order valence-electron chi connectivity index (χ0n) is 19.2. The summed E-state index contributed by atoms with van der Waals surface area (Å²) in [5.74, 6) is -1.14. The molecule has 166 valence electrons. The summed E-state index contributed by atoms with van der Waals surface area (Å²) in [4.78, 5) is 24.1. The third-order valence-corrected chi connectivity index (χ3v) is 10.7. The van der Waals surface area contributed by atoms with Gasteiger partial charge in [-0.05, 0) is 36.2 Å². The minimum absolute atomic E-state index is 0.165. The number of amides is 1. The van der Waals surface area contributed by atoms with Crippen LogP contribution in [0, 0.1) is 0 Å². The summed E-state index contributed by atoms with van der Waals surface area (Å²) in [7, 11) is -2.59. The van der Waals surface area contributed by atoms with Gasteiger partial charge in [-0.1, -0.05) is 93.2 Å². The molecular weight excluding hydrogens is 406 g/mol. The molecule has 2 aromatic carbocycles. The minimum Gasteiger partial charge on any atom is -0.479 e. The second kappa shape index (κ2) is 9.52. The van der Waals surface area contributed by atoms with E-state index in [1.807, 2.05) is 42.1 Å². The molecule has 0 aliphatic carbocycles. The van der Waals surface area contributed by atoms with Crippen LogP contribution in [0.25, 0.3) is 0 Å². The fourth-order valence-electron chi connectivity index (χ4n) is 3.74. The molecule has 6 heteroatoms. The number of carboxylic acid groups (broad SMARTS) is 1. The average Bonchev–Trinajstić information content (AvgIpc) is 2.66. The molecule has 2 N–H and O–H groups in total. The van der Waals surface area contributed by atoms with Gasteiger partial charge in [-0.2, -0.15) is 0 Å². The zero-order chi connectivity index (χ0) is 23.3. The van der Waals surface area contributed by atoms with Crippen molar-refractivity contribution in [3.63, 3.8) is 0 Å². The molecule has 0 fully saturated rings. The number of carboxylic acids is 1. The lowest BCUT2D eigenvalue weighted by Crippen LogP contribution is -2.63. The largest absolute Gasteiger partial charge is 0.479 e. The number of carbonyl (C=O) groups is 2. The predicted molar refractivity (Wildman–Crippen MR) is 128 cm³/mol. The van der Waals surface area contributed by atoms with Crippen LogP contribution >= 0.6 is 0 Å². The van der Waals surface area contributed by atoms with Crippen LogP contribution < -0.4 is 15.7 Å². The lowest BCUT2D eigenvalue weighted by Gasteiger charge is -2.42. The molecule has 1 amide bonds. The standard InChI is InChI=1S/C25H33NO4Si/c1-24(2,3)30-23(29)26-21(22(27)28)17-18-31(25(4,5)6,19-13-9-7-10-14-19)20-15-11-8-12-16-20/h7-18,21H,1-6H3,(H,26,29)(H,27,28)/b18-17+/t21-/m1/s1. The van der Waals surface area contributed by atoms with Crippen LogP contribution in [-0.4, -0.2) is 36.9 Å². The number of rotatable bonds is 6. The fourth-order valence-corrected chi connectivity index (χ4v) is 8.61. The van der Waals surface area contributed by atoms with Crippen molar-refractivity contribution in [2.24, 2.45) is 0 Å². The summed E-state index contributed by atoms with van der Waals surface area (Å²) in [5, 5.41) is 14.4. The quantitative estimate of drug-likeness (QED) is 0.664. The van der Waals surface area contributed by atoms with Crippen LogP contribution in [0.5, 0.6) is 0 Å². The summed E-state index contributed by atoms with van der Waals surface area (Å²) in [6, 6.07) is 19.2. The maximum atomic E-state index is 12.2. The van der Waals surface area contributed by atoms with E-state index >= 15 is 0 Å². The molecule has 0 saturated heterocycles. The van der Waals surface area contributed by atoms with Crippen molar-refractivity contribution in [3.8, 4) is 0 Å². The Hall–Kier alpha value is -2.86. The van der Waals surface area contributed by atoms with Crippen molar-refractivity contribution >= 4 is 30.5 Å². The Kier molecular flexibility index (Phi) is 7.49. The lowest BCUT2D eigenvalue weighted by molar-refractivity contribution is -0.138. The van der Waals surface area contributed by atoms with Gasteiger partial charge >= 0.3 is 12.1 Å². The highest BCUT2D eigenvalue weighted by molar-refractivity contribution is 7.07. The maximum absolute atomic E-state index is 12.2. The van der Waals surface area contributed by atoms with E-state index in [1.54, 1.807) is 26.8 Å². The van der Waals surface area contributed by atoms with Gasteiger partial charge in [0, 0.05) is 0 Å². The van der Waals surface area contributed by atoms with Crippen LogP contribution in [0.4, 0.5) is 4.79 Å².